The zero-order valence-electron chi connectivity index (χ0n) is 13.5. The Morgan fingerprint density at radius 1 is 1.20 bits per heavy atom. The first-order chi connectivity index (χ1) is 11.6. The standard InChI is InChI=1S/C17H17ClN2O4.ClH/c1-12-10-14(2-3-15(12)18)24-11-16(21)23-9-8-20-17(22)13-4-6-19-7-5-13;/h2-7,10H,8-9,11H2,1H3,(H,20,22);1H. The van der Waals surface area contributed by atoms with Crippen molar-refractivity contribution in [2.45, 2.75) is 6.92 Å². The Balaban J connectivity index is 0.00000312. The average molecular weight is 385 g/mol. The molecule has 0 aliphatic carbocycles. The van der Waals surface area contributed by atoms with Gasteiger partial charge in [0.25, 0.3) is 5.91 Å². The van der Waals surface area contributed by atoms with Crippen molar-refractivity contribution in [3.8, 4) is 5.75 Å². The highest BCUT2D eigenvalue weighted by atomic mass is 35.5. The van der Waals surface area contributed by atoms with Crippen LogP contribution in [0.2, 0.25) is 5.02 Å². The molecule has 8 heteroatoms. The van der Waals surface area contributed by atoms with Gasteiger partial charge in [-0.05, 0) is 42.8 Å². The van der Waals surface area contributed by atoms with Crippen molar-refractivity contribution < 1.29 is 19.1 Å². The highest BCUT2D eigenvalue weighted by Crippen LogP contribution is 2.20. The van der Waals surface area contributed by atoms with Gasteiger partial charge in [0, 0.05) is 23.0 Å². The van der Waals surface area contributed by atoms with Gasteiger partial charge in [-0.25, -0.2) is 4.79 Å². The summed E-state index contributed by atoms with van der Waals surface area (Å²) in [5.41, 5.74) is 1.36. The third kappa shape index (κ3) is 6.99. The first-order valence-corrected chi connectivity index (χ1v) is 7.67. The van der Waals surface area contributed by atoms with Gasteiger partial charge in [-0.3, -0.25) is 9.78 Å². The van der Waals surface area contributed by atoms with Crippen LogP contribution in [0.5, 0.6) is 5.75 Å². The highest BCUT2D eigenvalue weighted by molar-refractivity contribution is 6.31. The van der Waals surface area contributed by atoms with Crippen LogP contribution in [-0.2, 0) is 9.53 Å². The number of nitrogens with one attached hydrogen (secondary N) is 1. The number of pyridine rings is 1. The number of carbonyl (C=O) groups excluding carboxylic acids is 2. The lowest BCUT2D eigenvalue weighted by Crippen LogP contribution is -2.28. The van der Waals surface area contributed by atoms with Gasteiger partial charge in [-0.2, -0.15) is 0 Å². The van der Waals surface area contributed by atoms with Crippen LogP contribution in [0.4, 0.5) is 0 Å². The lowest BCUT2D eigenvalue weighted by atomic mass is 10.2. The fourth-order valence-corrected chi connectivity index (χ4v) is 1.94. The van der Waals surface area contributed by atoms with E-state index in [-0.39, 0.29) is 38.1 Å². The fraction of sp³-hybridized carbons (Fsp3) is 0.235. The lowest BCUT2D eigenvalue weighted by Gasteiger charge is -2.09. The van der Waals surface area contributed by atoms with Gasteiger partial charge in [-0.15, -0.1) is 12.4 Å². The first-order valence-electron chi connectivity index (χ1n) is 7.29. The van der Waals surface area contributed by atoms with Crippen molar-refractivity contribution in [1.82, 2.24) is 10.3 Å². The summed E-state index contributed by atoms with van der Waals surface area (Å²) in [6.07, 6.45) is 3.06. The molecule has 0 radical (unpaired) electrons. The predicted octanol–water partition coefficient (Wildman–Crippen LogP) is 2.82. The van der Waals surface area contributed by atoms with Crippen LogP contribution in [-0.4, -0.2) is 36.6 Å². The highest BCUT2D eigenvalue weighted by Gasteiger charge is 2.07. The summed E-state index contributed by atoms with van der Waals surface area (Å²) in [6, 6.07) is 8.32. The molecule has 2 rings (SSSR count). The molecule has 0 saturated carbocycles. The number of esters is 1. The Hall–Kier alpha value is -2.31. The van der Waals surface area contributed by atoms with E-state index in [2.05, 4.69) is 10.3 Å². The Bertz CT molecular complexity index is 711. The first kappa shape index (κ1) is 20.7. The van der Waals surface area contributed by atoms with E-state index in [0.29, 0.717) is 16.3 Å². The lowest BCUT2D eigenvalue weighted by molar-refractivity contribution is -0.145. The van der Waals surface area contributed by atoms with E-state index in [9.17, 15) is 9.59 Å². The number of carbonyl (C=O) groups is 2. The molecular weight excluding hydrogens is 367 g/mol. The summed E-state index contributed by atoms with van der Waals surface area (Å²) < 4.78 is 10.3. The number of aryl methyl sites for hydroxylation is 1. The molecule has 1 aromatic carbocycles. The minimum absolute atomic E-state index is 0. The number of nitrogens with zero attached hydrogens (tertiary/aromatic N) is 1. The molecule has 134 valence electrons. The van der Waals surface area contributed by atoms with Gasteiger partial charge in [0.05, 0.1) is 6.54 Å². The second-order valence-electron chi connectivity index (χ2n) is 4.91. The van der Waals surface area contributed by atoms with Crippen LogP contribution in [0.25, 0.3) is 0 Å². The van der Waals surface area contributed by atoms with Crippen LogP contribution in [0.3, 0.4) is 0 Å². The van der Waals surface area contributed by atoms with Crippen LogP contribution < -0.4 is 10.1 Å². The van der Waals surface area contributed by atoms with Gasteiger partial charge < -0.3 is 14.8 Å². The molecule has 0 fully saturated rings. The van der Waals surface area contributed by atoms with Crippen LogP contribution >= 0.6 is 24.0 Å². The molecule has 0 spiro atoms. The van der Waals surface area contributed by atoms with Crippen molar-refractivity contribution in [3.05, 3.63) is 58.9 Å². The van der Waals surface area contributed by atoms with Crippen LogP contribution in [0.15, 0.2) is 42.7 Å². The maximum Gasteiger partial charge on any atom is 0.344 e. The fourth-order valence-electron chi connectivity index (χ4n) is 1.83. The maximum absolute atomic E-state index is 11.7. The topological polar surface area (TPSA) is 77.5 Å². The third-order valence-electron chi connectivity index (χ3n) is 3.08. The molecule has 1 N–H and O–H groups in total. The van der Waals surface area contributed by atoms with E-state index in [1.54, 1.807) is 30.3 Å². The molecule has 0 aliphatic rings. The van der Waals surface area contributed by atoms with Gasteiger partial charge in [0.15, 0.2) is 6.61 Å². The second-order valence-corrected chi connectivity index (χ2v) is 5.32. The van der Waals surface area contributed by atoms with Crippen molar-refractivity contribution in [3.63, 3.8) is 0 Å². The van der Waals surface area contributed by atoms with Gasteiger partial charge in [0.1, 0.15) is 12.4 Å². The van der Waals surface area contributed by atoms with Gasteiger partial charge in [-0.1, -0.05) is 11.6 Å². The molecule has 1 amide bonds. The summed E-state index contributed by atoms with van der Waals surface area (Å²) in [4.78, 5) is 27.2. The zero-order valence-corrected chi connectivity index (χ0v) is 15.1. The molecule has 0 bridgehead atoms. The Labute approximate surface area is 156 Å². The normalized spacial score (nSPS) is 9.68. The quantitative estimate of drug-likeness (QED) is 0.586. The summed E-state index contributed by atoms with van der Waals surface area (Å²) in [5.74, 6) is -0.220. The van der Waals surface area contributed by atoms with Crippen molar-refractivity contribution in [2.75, 3.05) is 19.8 Å². The molecule has 0 aliphatic heterocycles. The summed E-state index contributed by atoms with van der Waals surface area (Å²) in [7, 11) is 0. The molecule has 1 heterocycles. The Morgan fingerprint density at radius 3 is 2.60 bits per heavy atom. The minimum Gasteiger partial charge on any atom is -0.482 e. The number of aromatic nitrogens is 1. The van der Waals surface area contributed by atoms with E-state index >= 15 is 0 Å². The second kappa shape index (κ2) is 10.5. The number of hydrogen-bond acceptors (Lipinski definition) is 5. The molecule has 0 saturated heterocycles. The molecule has 0 unspecified atom stereocenters. The smallest absolute Gasteiger partial charge is 0.344 e. The van der Waals surface area contributed by atoms with Crippen molar-refractivity contribution >= 4 is 35.9 Å². The van der Waals surface area contributed by atoms with Crippen LogP contribution in [0.1, 0.15) is 15.9 Å². The molecule has 25 heavy (non-hydrogen) atoms. The predicted molar refractivity (Wildman–Crippen MR) is 96.5 cm³/mol. The zero-order chi connectivity index (χ0) is 17.4. The Morgan fingerprint density at radius 2 is 1.92 bits per heavy atom. The summed E-state index contributed by atoms with van der Waals surface area (Å²) in [6.45, 7) is 1.92. The maximum atomic E-state index is 11.7. The molecule has 6 nitrogen and oxygen atoms in total. The number of amides is 1. The number of halogens is 2. The van der Waals surface area contributed by atoms with Crippen molar-refractivity contribution in [1.29, 1.82) is 0 Å². The molecule has 0 atom stereocenters. The van der Waals surface area contributed by atoms with Gasteiger partial charge in [0.2, 0.25) is 0 Å². The average Bonchev–Trinajstić information content (AvgIpc) is 2.60. The van der Waals surface area contributed by atoms with Crippen LogP contribution in [0, 0.1) is 6.92 Å². The number of benzene rings is 1. The Kier molecular flexibility index (Phi) is 8.74. The number of hydrogen-bond donors (Lipinski definition) is 1. The van der Waals surface area contributed by atoms with E-state index in [1.807, 2.05) is 6.92 Å². The third-order valence-corrected chi connectivity index (χ3v) is 3.50. The molecular formula is C17H18Cl2N2O4. The van der Waals surface area contributed by atoms with Gasteiger partial charge >= 0.3 is 5.97 Å². The SMILES string of the molecule is Cc1cc(OCC(=O)OCCNC(=O)c2ccncc2)ccc1Cl.Cl. The number of rotatable bonds is 7. The molecule has 2 aromatic rings. The molecule has 1 aromatic heterocycles. The summed E-state index contributed by atoms with van der Waals surface area (Å²) >= 11 is 5.91. The number of ether oxygens (including phenoxy) is 2. The van der Waals surface area contributed by atoms with Crippen molar-refractivity contribution in [2.24, 2.45) is 0 Å². The minimum atomic E-state index is -0.513. The largest absolute Gasteiger partial charge is 0.482 e. The van der Waals surface area contributed by atoms with E-state index in [4.69, 9.17) is 21.1 Å². The van der Waals surface area contributed by atoms with E-state index in [0.717, 1.165) is 5.56 Å². The van der Waals surface area contributed by atoms with E-state index in [1.165, 1.54) is 12.4 Å². The van der Waals surface area contributed by atoms with E-state index < -0.39 is 5.97 Å². The monoisotopic (exact) mass is 384 g/mol. The summed E-state index contributed by atoms with van der Waals surface area (Å²) in [5, 5.41) is 3.28.